The van der Waals surface area contributed by atoms with E-state index < -0.39 is 0 Å². The summed E-state index contributed by atoms with van der Waals surface area (Å²) in [6.07, 6.45) is 4.01. The summed E-state index contributed by atoms with van der Waals surface area (Å²) in [6.45, 7) is 4.36. The highest BCUT2D eigenvalue weighted by Gasteiger charge is 2.27. The first kappa shape index (κ1) is 22.9. The number of nitrogens with one attached hydrogen (secondary N) is 2. The van der Waals surface area contributed by atoms with Crippen LogP contribution in [0.15, 0.2) is 41.5 Å². The van der Waals surface area contributed by atoms with Crippen molar-refractivity contribution < 1.29 is 9.59 Å². The summed E-state index contributed by atoms with van der Waals surface area (Å²) < 4.78 is 1.72. The van der Waals surface area contributed by atoms with Gasteiger partial charge in [0.2, 0.25) is 11.8 Å². The maximum Gasteiger partial charge on any atom is 0.273 e. The van der Waals surface area contributed by atoms with Crippen LogP contribution in [0.3, 0.4) is 0 Å². The highest BCUT2D eigenvalue weighted by Crippen LogP contribution is 2.29. The lowest BCUT2D eigenvalue weighted by molar-refractivity contribution is -0.125. The van der Waals surface area contributed by atoms with E-state index in [2.05, 4.69) is 25.5 Å². The van der Waals surface area contributed by atoms with Crippen LogP contribution in [-0.4, -0.2) is 46.0 Å². The highest BCUT2D eigenvalue weighted by molar-refractivity contribution is 7.22. The van der Waals surface area contributed by atoms with Gasteiger partial charge in [0, 0.05) is 26.2 Å². The topological polar surface area (TPSA) is 109 Å². The van der Waals surface area contributed by atoms with Crippen molar-refractivity contribution >= 4 is 38.6 Å². The van der Waals surface area contributed by atoms with E-state index in [4.69, 9.17) is 0 Å². The molecular weight excluding hydrogens is 440 g/mol. The molecule has 33 heavy (non-hydrogen) atoms. The quantitative estimate of drug-likeness (QED) is 0.523. The lowest BCUT2D eigenvalue weighted by Gasteiger charge is -2.31. The maximum absolute atomic E-state index is 13.0. The molecule has 2 N–H and O–H groups in total. The number of piperidine rings is 1. The third-order valence-electron chi connectivity index (χ3n) is 5.63. The van der Waals surface area contributed by atoms with Gasteiger partial charge in [-0.05, 0) is 24.8 Å². The predicted molar refractivity (Wildman–Crippen MR) is 128 cm³/mol. The van der Waals surface area contributed by atoms with Crippen LogP contribution in [0, 0.1) is 5.92 Å². The van der Waals surface area contributed by atoms with Crippen molar-refractivity contribution in [3.05, 3.63) is 52.6 Å². The molecule has 0 bridgehead atoms. The standard InChI is InChI=1S/C23H28N6O3S/c1-2-10-24-21(31)17-9-6-11-28(13-17)23-27-20-19(33-23)22(32)29(15-26-20)14-18(30)25-12-16-7-4-3-5-8-16/h3-5,7-8,15,17H,2,6,9-14H2,1H3,(H,24,31)(H,25,30)/t17-/m1/s1. The second kappa shape index (κ2) is 10.6. The molecule has 1 aliphatic heterocycles. The Hall–Kier alpha value is -3.27. The molecule has 4 rings (SSSR count). The fraction of sp³-hybridized carbons (Fsp3) is 0.435. The van der Waals surface area contributed by atoms with E-state index in [9.17, 15) is 14.4 Å². The molecule has 3 aromatic rings. The Morgan fingerprint density at radius 3 is 2.82 bits per heavy atom. The van der Waals surface area contributed by atoms with Gasteiger partial charge in [-0.15, -0.1) is 0 Å². The molecule has 1 saturated heterocycles. The van der Waals surface area contributed by atoms with Gasteiger partial charge in [-0.1, -0.05) is 48.6 Å². The fourth-order valence-electron chi connectivity index (χ4n) is 3.85. The van der Waals surface area contributed by atoms with Gasteiger partial charge < -0.3 is 15.5 Å². The molecule has 2 aromatic heterocycles. The number of hydrogen-bond acceptors (Lipinski definition) is 7. The second-order valence-corrected chi connectivity index (χ2v) is 9.14. The number of carbonyl (C=O) groups excluding carboxylic acids is 2. The first-order valence-corrected chi connectivity index (χ1v) is 12.1. The second-order valence-electron chi connectivity index (χ2n) is 8.17. The number of aromatic nitrogens is 3. The Morgan fingerprint density at radius 2 is 2.03 bits per heavy atom. The molecule has 0 spiro atoms. The maximum atomic E-state index is 13.0. The van der Waals surface area contributed by atoms with Gasteiger partial charge in [0.05, 0.1) is 5.92 Å². The molecule has 9 nitrogen and oxygen atoms in total. The van der Waals surface area contributed by atoms with Crippen LogP contribution in [0.2, 0.25) is 0 Å². The van der Waals surface area contributed by atoms with Crippen molar-refractivity contribution in [2.45, 2.75) is 39.3 Å². The van der Waals surface area contributed by atoms with Crippen molar-refractivity contribution in [2.75, 3.05) is 24.5 Å². The van der Waals surface area contributed by atoms with E-state index in [1.54, 1.807) is 0 Å². The smallest absolute Gasteiger partial charge is 0.273 e. The molecule has 0 unspecified atom stereocenters. The van der Waals surface area contributed by atoms with E-state index in [-0.39, 0.29) is 29.8 Å². The Bertz CT molecular complexity index is 1180. The number of benzene rings is 1. The van der Waals surface area contributed by atoms with E-state index in [0.717, 1.165) is 31.4 Å². The fourth-order valence-corrected chi connectivity index (χ4v) is 4.85. The summed E-state index contributed by atoms with van der Waals surface area (Å²) in [5.74, 6) is -0.274. The number of anilines is 1. The number of fused-ring (bicyclic) bond motifs is 1. The molecular formula is C23H28N6O3S. The minimum Gasteiger partial charge on any atom is -0.356 e. The van der Waals surface area contributed by atoms with E-state index in [0.29, 0.717) is 35.1 Å². The summed E-state index contributed by atoms with van der Waals surface area (Å²) in [4.78, 5) is 48.6. The van der Waals surface area contributed by atoms with Crippen molar-refractivity contribution in [1.29, 1.82) is 0 Å². The zero-order chi connectivity index (χ0) is 23.2. The van der Waals surface area contributed by atoms with Crippen LogP contribution in [0.4, 0.5) is 5.13 Å². The third-order valence-corrected chi connectivity index (χ3v) is 6.72. The lowest BCUT2D eigenvalue weighted by Crippen LogP contribution is -2.43. The van der Waals surface area contributed by atoms with Crippen LogP contribution in [0.5, 0.6) is 0 Å². The van der Waals surface area contributed by atoms with E-state index in [1.807, 2.05) is 37.3 Å². The average Bonchev–Trinajstić information content (AvgIpc) is 3.29. The van der Waals surface area contributed by atoms with Gasteiger partial charge in [-0.2, -0.15) is 4.98 Å². The normalized spacial score (nSPS) is 16.0. The zero-order valence-corrected chi connectivity index (χ0v) is 19.4. The first-order valence-electron chi connectivity index (χ1n) is 11.2. The lowest BCUT2D eigenvalue weighted by atomic mass is 9.97. The van der Waals surface area contributed by atoms with Gasteiger partial charge in [-0.25, -0.2) is 4.98 Å². The number of hydrogen-bond donors (Lipinski definition) is 2. The Morgan fingerprint density at radius 1 is 1.21 bits per heavy atom. The summed E-state index contributed by atoms with van der Waals surface area (Å²) in [6, 6.07) is 9.59. The third kappa shape index (κ3) is 5.57. The molecule has 1 fully saturated rings. The highest BCUT2D eigenvalue weighted by atomic mass is 32.1. The Kier molecular flexibility index (Phi) is 7.33. The molecule has 1 aromatic carbocycles. The van der Waals surface area contributed by atoms with Crippen molar-refractivity contribution in [3.8, 4) is 0 Å². The molecule has 0 aliphatic carbocycles. The van der Waals surface area contributed by atoms with E-state index >= 15 is 0 Å². The van der Waals surface area contributed by atoms with E-state index in [1.165, 1.54) is 22.2 Å². The van der Waals surface area contributed by atoms with Crippen LogP contribution in [-0.2, 0) is 22.7 Å². The minimum atomic E-state index is -0.284. The van der Waals surface area contributed by atoms with Crippen molar-refractivity contribution in [3.63, 3.8) is 0 Å². The monoisotopic (exact) mass is 468 g/mol. The molecule has 0 radical (unpaired) electrons. The number of carbonyl (C=O) groups is 2. The minimum absolute atomic E-state index is 0.0738. The van der Waals surface area contributed by atoms with Gasteiger partial charge in [0.1, 0.15) is 17.6 Å². The molecule has 3 heterocycles. The van der Waals surface area contributed by atoms with Gasteiger partial charge in [-0.3, -0.25) is 19.0 Å². The number of amides is 2. The van der Waals surface area contributed by atoms with Crippen LogP contribution < -0.4 is 21.1 Å². The van der Waals surface area contributed by atoms with Crippen molar-refractivity contribution in [2.24, 2.45) is 5.92 Å². The predicted octanol–water partition coefficient (Wildman–Crippen LogP) is 1.91. The van der Waals surface area contributed by atoms with Crippen LogP contribution >= 0.6 is 11.3 Å². The molecule has 10 heteroatoms. The summed E-state index contributed by atoms with van der Waals surface area (Å²) in [7, 11) is 0. The molecule has 0 saturated carbocycles. The van der Waals surface area contributed by atoms with Crippen LogP contribution in [0.1, 0.15) is 31.7 Å². The summed E-state index contributed by atoms with van der Waals surface area (Å²) in [5.41, 5.74) is 1.08. The number of rotatable bonds is 8. The summed E-state index contributed by atoms with van der Waals surface area (Å²) in [5, 5.41) is 6.48. The molecule has 1 atom stereocenters. The van der Waals surface area contributed by atoms with Gasteiger partial charge >= 0.3 is 0 Å². The van der Waals surface area contributed by atoms with Crippen molar-refractivity contribution in [1.82, 2.24) is 25.2 Å². The first-order chi connectivity index (χ1) is 16.0. The SMILES string of the molecule is CCCNC(=O)[C@@H]1CCCN(c2nc3ncn(CC(=O)NCc4ccccc4)c(=O)c3s2)C1. The molecule has 174 valence electrons. The number of nitrogens with zero attached hydrogens (tertiary/aromatic N) is 4. The Labute approximate surface area is 195 Å². The largest absolute Gasteiger partial charge is 0.356 e. The van der Waals surface area contributed by atoms with Crippen LogP contribution in [0.25, 0.3) is 10.3 Å². The average molecular weight is 469 g/mol. The van der Waals surface area contributed by atoms with Gasteiger partial charge in [0.25, 0.3) is 5.56 Å². The molecule has 2 amide bonds. The molecule has 1 aliphatic rings. The summed E-state index contributed by atoms with van der Waals surface area (Å²) >= 11 is 1.27. The number of thiazole rings is 1. The Balaban J connectivity index is 1.44. The zero-order valence-electron chi connectivity index (χ0n) is 18.6. The van der Waals surface area contributed by atoms with Gasteiger partial charge in [0.15, 0.2) is 10.8 Å².